The smallest absolute Gasteiger partial charge is 0.295 e. The fourth-order valence-electron chi connectivity index (χ4n) is 4.23. The van der Waals surface area contributed by atoms with Crippen molar-refractivity contribution < 1.29 is 28.9 Å². The van der Waals surface area contributed by atoms with E-state index in [9.17, 15) is 14.7 Å². The molecule has 0 radical (unpaired) electrons. The van der Waals surface area contributed by atoms with Gasteiger partial charge in [-0.15, -0.1) is 0 Å². The second kappa shape index (κ2) is 10.5. The number of aromatic nitrogens is 1. The third-order valence-corrected chi connectivity index (χ3v) is 5.85. The minimum Gasteiger partial charge on any atom is -0.507 e. The first kappa shape index (κ1) is 24.8. The van der Waals surface area contributed by atoms with Crippen molar-refractivity contribution in [2.45, 2.75) is 32.5 Å². The number of carbonyl (C=O) groups excluding carboxylic acids is 2. The zero-order chi connectivity index (χ0) is 25.8. The van der Waals surface area contributed by atoms with E-state index >= 15 is 0 Å². The average Bonchev–Trinajstić information content (AvgIpc) is 3.13. The summed E-state index contributed by atoms with van der Waals surface area (Å²) in [5.41, 5.74) is 1.60. The van der Waals surface area contributed by atoms with Crippen LogP contribution >= 0.6 is 0 Å². The second-order valence-electron chi connectivity index (χ2n) is 8.59. The quantitative estimate of drug-likeness (QED) is 0.283. The lowest BCUT2D eigenvalue weighted by Crippen LogP contribution is -2.29. The van der Waals surface area contributed by atoms with Crippen LogP contribution in [0.5, 0.6) is 17.2 Å². The summed E-state index contributed by atoms with van der Waals surface area (Å²) in [6, 6.07) is 14.5. The Bertz CT molecular complexity index is 1290. The molecule has 0 spiro atoms. The van der Waals surface area contributed by atoms with Crippen LogP contribution in [0, 0.1) is 0 Å². The van der Waals surface area contributed by atoms with E-state index in [0.717, 1.165) is 5.56 Å². The molecule has 1 amide bonds. The Kier molecular flexibility index (Phi) is 7.24. The molecule has 1 atom stereocenters. The number of rotatable bonds is 8. The number of methoxy groups -OCH3 is 2. The molecule has 1 aliphatic rings. The third-order valence-electron chi connectivity index (χ3n) is 5.85. The van der Waals surface area contributed by atoms with Gasteiger partial charge in [0.15, 0.2) is 0 Å². The lowest BCUT2D eigenvalue weighted by atomic mass is 9.94. The summed E-state index contributed by atoms with van der Waals surface area (Å²) in [6.07, 6.45) is 3.25. The summed E-state index contributed by atoms with van der Waals surface area (Å²) in [5.74, 6) is -0.195. The van der Waals surface area contributed by atoms with Gasteiger partial charge in [-0.25, -0.2) is 0 Å². The maximum Gasteiger partial charge on any atom is 0.295 e. The molecule has 0 unspecified atom stereocenters. The molecule has 3 aromatic rings. The summed E-state index contributed by atoms with van der Waals surface area (Å²) in [6.45, 7) is 3.94. The number of hydrogen-bond acceptors (Lipinski definition) is 7. The lowest BCUT2D eigenvalue weighted by molar-refractivity contribution is -0.140. The molecule has 1 fully saturated rings. The third kappa shape index (κ3) is 4.88. The van der Waals surface area contributed by atoms with Gasteiger partial charge in [-0.05, 0) is 67.9 Å². The number of amides is 1. The zero-order valence-corrected chi connectivity index (χ0v) is 20.6. The molecule has 0 saturated carbocycles. The Morgan fingerprint density at radius 1 is 1.03 bits per heavy atom. The van der Waals surface area contributed by atoms with E-state index in [2.05, 4.69) is 4.98 Å². The van der Waals surface area contributed by atoms with E-state index in [-0.39, 0.29) is 24.0 Å². The molecule has 2 aromatic carbocycles. The van der Waals surface area contributed by atoms with Crippen LogP contribution < -0.4 is 14.2 Å². The maximum absolute atomic E-state index is 13.3. The van der Waals surface area contributed by atoms with E-state index in [1.165, 1.54) is 19.1 Å². The van der Waals surface area contributed by atoms with E-state index in [4.69, 9.17) is 14.2 Å². The van der Waals surface area contributed by atoms with Crippen LogP contribution in [0.25, 0.3) is 5.76 Å². The van der Waals surface area contributed by atoms with Crippen LogP contribution in [0.4, 0.5) is 0 Å². The van der Waals surface area contributed by atoms with Crippen molar-refractivity contribution >= 4 is 17.4 Å². The molecular weight excluding hydrogens is 460 g/mol. The van der Waals surface area contributed by atoms with Crippen LogP contribution in [0.15, 0.2) is 72.6 Å². The standard InChI is InChI=1S/C28H28N2O6/c1-17(2)36-20-9-7-19(8-10-20)26(31)24-25(22-14-21(34-3)11-12-23(22)35-4)30(28(33)27(24)32)16-18-6-5-13-29-15-18/h5-15,17,25,31H,16H2,1-4H3/b26-24+/t25-/m1/s1. The molecule has 1 aromatic heterocycles. The Morgan fingerprint density at radius 3 is 2.36 bits per heavy atom. The van der Waals surface area contributed by atoms with Crippen LogP contribution in [-0.2, 0) is 16.1 Å². The van der Waals surface area contributed by atoms with Gasteiger partial charge in [0.2, 0.25) is 0 Å². The first-order chi connectivity index (χ1) is 17.3. The molecule has 36 heavy (non-hydrogen) atoms. The van der Waals surface area contributed by atoms with E-state index in [0.29, 0.717) is 28.4 Å². The van der Waals surface area contributed by atoms with Crippen molar-refractivity contribution in [1.82, 2.24) is 9.88 Å². The molecule has 1 saturated heterocycles. The minimum absolute atomic E-state index is 0.0113. The number of ether oxygens (including phenoxy) is 3. The first-order valence-corrected chi connectivity index (χ1v) is 11.5. The van der Waals surface area contributed by atoms with Crippen molar-refractivity contribution in [3.8, 4) is 17.2 Å². The number of aliphatic hydroxyl groups is 1. The van der Waals surface area contributed by atoms with Crippen LogP contribution in [-0.4, -0.2) is 47.0 Å². The van der Waals surface area contributed by atoms with Gasteiger partial charge in [-0.2, -0.15) is 0 Å². The number of pyridine rings is 1. The molecule has 1 N–H and O–H groups in total. The zero-order valence-electron chi connectivity index (χ0n) is 20.6. The highest BCUT2D eigenvalue weighted by Gasteiger charge is 2.47. The van der Waals surface area contributed by atoms with Crippen molar-refractivity contribution in [1.29, 1.82) is 0 Å². The van der Waals surface area contributed by atoms with Gasteiger partial charge in [-0.1, -0.05) is 6.07 Å². The van der Waals surface area contributed by atoms with Crippen LogP contribution in [0.1, 0.15) is 36.6 Å². The highest BCUT2D eigenvalue weighted by molar-refractivity contribution is 6.46. The second-order valence-corrected chi connectivity index (χ2v) is 8.59. The molecule has 0 bridgehead atoms. The highest BCUT2D eigenvalue weighted by Crippen LogP contribution is 2.44. The minimum atomic E-state index is -0.915. The lowest BCUT2D eigenvalue weighted by Gasteiger charge is -2.27. The molecule has 186 valence electrons. The van der Waals surface area contributed by atoms with Gasteiger partial charge in [0.1, 0.15) is 23.0 Å². The van der Waals surface area contributed by atoms with E-state index < -0.39 is 17.7 Å². The average molecular weight is 489 g/mol. The van der Waals surface area contributed by atoms with Gasteiger partial charge in [0.25, 0.3) is 11.7 Å². The maximum atomic E-state index is 13.3. The Morgan fingerprint density at radius 2 is 1.75 bits per heavy atom. The van der Waals surface area contributed by atoms with E-state index in [1.807, 2.05) is 19.9 Å². The monoisotopic (exact) mass is 488 g/mol. The van der Waals surface area contributed by atoms with Gasteiger partial charge < -0.3 is 24.2 Å². The van der Waals surface area contributed by atoms with Crippen LogP contribution in [0.2, 0.25) is 0 Å². The number of carbonyl (C=O) groups is 2. The number of ketones is 1. The van der Waals surface area contributed by atoms with Crippen molar-refractivity contribution in [3.63, 3.8) is 0 Å². The van der Waals surface area contributed by atoms with E-state index in [1.54, 1.807) is 60.9 Å². The number of hydrogen-bond donors (Lipinski definition) is 1. The molecular formula is C28H28N2O6. The fourth-order valence-corrected chi connectivity index (χ4v) is 4.23. The number of benzene rings is 2. The first-order valence-electron chi connectivity index (χ1n) is 11.5. The fraction of sp³-hybridized carbons (Fsp3) is 0.250. The number of Topliss-reactive ketones (excluding diaryl/α,β-unsaturated/α-hetero) is 1. The predicted octanol–water partition coefficient (Wildman–Crippen LogP) is 4.51. The normalized spacial score (nSPS) is 16.9. The molecule has 1 aliphatic heterocycles. The largest absolute Gasteiger partial charge is 0.507 e. The summed E-state index contributed by atoms with van der Waals surface area (Å²) in [4.78, 5) is 32.2. The number of likely N-dealkylation sites (tertiary alicyclic amines) is 1. The van der Waals surface area contributed by atoms with Crippen LogP contribution in [0.3, 0.4) is 0 Å². The summed E-state index contributed by atoms with van der Waals surface area (Å²) >= 11 is 0. The SMILES string of the molecule is COc1ccc(OC)c([C@@H]2/C(=C(\O)c3ccc(OC(C)C)cc3)C(=O)C(=O)N2Cc2cccnc2)c1. The summed E-state index contributed by atoms with van der Waals surface area (Å²) in [7, 11) is 3.03. The van der Waals surface area contributed by atoms with Crippen molar-refractivity contribution in [2.24, 2.45) is 0 Å². The molecule has 2 heterocycles. The van der Waals surface area contributed by atoms with Gasteiger partial charge in [0, 0.05) is 30.1 Å². The highest BCUT2D eigenvalue weighted by atomic mass is 16.5. The Labute approximate surface area is 209 Å². The van der Waals surface area contributed by atoms with Crippen molar-refractivity contribution in [2.75, 3.05) is 14.2 Å². The summed E-state index contributed by atoms with van der Waals surface area (Å²) in [5, 5.41) is 11.3. The molecule has 8 nitrogen and oxygen atoms in total. The van der Waals surface area contributed by atoms with Gasteiger partial charge in [-0.3, -0.25) is 14.6 Å². The topological polar surface area (TPSA) is 98.2 Å². The molecule has 4 rings (SSSR count). The number of aliphatic hydroxyl groups excluding tert-OH is 1. The Balaban J connectivity index is 1.87. The summed E-state index contributed by atoms with van der Waals surface area (Å²) < 4.78 is 16.7. The van der Waals surface area contributed by atoms with Crippen molar-refractivity contribution in [3.05, 3.63) is 89.3 Å². The number of nitrogens with zero attached hydrogens (tertiary/aromatic N) is 2. The predicted molar refractivity (Wildman–Crippen MR) is 134 cm³/mol. The molecule has 0 aliphatic carbocycles. The molecule has 8 heteroatoms. The van der Waals surface area contributed by atoms with Gasteiger partial charge in [0.05, 0.1) is 31.9 Å². The van der Waals surface area contributed by atoms with Gasteiger partial charge >= 0.3 is 0 Å². The Hall–Kier alpha value is -4.33.